The first-order valence-corrected chi connectivity index (χ1v) is 13.3. The number of likely N-dealkylation sites (tertiary alicyclic amines) is 1. The van der Waals surface area contributed by atoms with Gasteiger partial charge >= 0.3 is 0 Å². The number of aliphatic hydroxyl groups excluding tert-OH is 1. The smallest absolute Gasteiger partial charge is 0.123 e. The molecule has 3 aromatic rings. The van der Waals surface area contributed by atoms with Crippen molar-refractivity contribution in [2.45, 2.75) is 51.0 Å². The number of halogens is 1. The standard InChI is InChI=1S/C31H36FN3O/c1-2-23-8-6-7-11-28(20-23)35-30(21-29(33-35)24-12-14-27(32)15-13-24)25-16-18-34(19-17-25)22-31(36)26-9-4-3-5-10-26/h3-5,7,9-15,20-21,23,25,31,36H,2,6,8,16-19,22H2,1H3. The Hall–Kier alpha value is -3.02. The van der Waals surface area contributed by atoms with E-state index in [1.54, 1.807) is 0 Å². The summed E-state index contributed by atoms with van der Waals surface area (Å²) in [7, 11) is 0. The van der Waals surface area contributed by atoms with Crippen LogP contribution in [0.1, 0.15) is 62.3 Å². The lowest BCUT2D eigenvalue weighted by Crippen LogP contribution is -2.36. The van der Waals surface area contributed by atoms with Gasteiger partial charge in [0.2, 0.25) is 0 Å². The molecule has 0 spiro atoms. The first kappa shape index (κ1) is 24.7. The van der Waals surface area contributed by atoms with Gasteiger partial charge in [-0.2, -0.15) is 5.10 Å². The molecule has 1 N–H and O–H groups in total. The largest absolute Gasteiger partial charge is 0.387 e. The zero-order valence-corrected chi connectivity index (χ0v) is 21.1. The molecule has 2 heterocycles. The minimum atomic E-state index is -0.467. The number of allylic oxidation sites excluding steroid dienone is 4. The van der Waals surface area contributed by atoms with Gasteiger partial charge in [0, 0.05) is 23.7 Å². The highest BCUT2D eigenvalue weighted by Crippen LogP contribution is 2.34. The quantitative estimate of drug-likeness (QED) is 0.399. The Kier molecular flexibility index (Phi) is 7.78. The fourth-order valence-electron chi connectivity index (χ4n) is 5.45. The Morgan fingerprint density at radius 1 is 1.03 bits per heavy atom. The summed E-state index contributed by atoms with van der Waals surface area (Å²) in [6.07, 6.45) is 11.8. The van der Waals surface area contributed by atoms with E-state index in [1.165, 1.54) is 24.2 Å². The highest BCUT2D eigenvalue weighted by molar-refractivity contribution is 5.64. The van der Waals surface area contributed by atoms with E-state index >= 15 is 0 Å². The predicted molar refractivity (Wildman–Crippen MR) is 144 cm³/mol. The van der Waals surface area contributed by atoms with Gasteiger partial charge in [-0.05, 0) is 93.1 Å². The summed E-state index contributed by atoms with van der Waals surface area (Å²) >= 11 is 0. The summed E-state index contributed by atoms with van der Waals surface area (Å²) in [4.78, 5) is 2.37. The van der Waals surface area contributed by atoms with E-state index in [0.717, 1.165) is 61.3 Å². The Morgan fingerprint density at radius 3 is 2.50 bits per heavy atom. The van der Waals surface area contributed by atoms with Crippen LogP contribution >= 0.6 is 0 Å². The fraction of sp³-hybridized carbons (Fsp3) is 0.387. The van der Waals surface area contributed by atoms with Crippen molar-refractivity contribution >= 4 is 5.70 Å². The van der Waals surface area contributed by atoms with Crippen molar-refractivity contribution in [3.05, 3.63) is 96.0 Å². The second-order valence-corrected chi connectivity index (χ2v) is 10.1. The number of hydrogen-bond donors (Lipinski definition) is 1. The van der Waals surface area contributed by atoms with Gasteiger partial charge in [-0.25, -0.2) is 9.07 Å². The molecule has 188 valence electrons. The topological polar surface area (TPSA) is 41.3 Å². The maximum Gasteiger partial charge on any atom is 0.123 e. The van der Waals surface area contributed by atoms with Crippen LogP contribution in [0, 0.1) is 11.7 Å². The average Bonchev–Trinajstić information content (AvgIpc) is 3.21. The van der Waals surface area contributed by atoms with Crippen LogP contribution in [0.25, 0.3) is 17.0 Å². The number of benzene rings is 2. The second-order valence-electron chi connectivity index (χ2n) is 10.1. The van der Waals surface area contributed by atoms with Gasteiger partial charge in [0.1, 0.15) is 5.82 Å². The zero-order chi connectivity index (χ0) is 24.9. The third-order valence-corrected chi connectivity index (χ3v) is 7.67. The maximum absolute atomic E-state index is 13.6. The number of hydrogen-bond acceptors (Lipinski definition) is 3. The number of aliphatic hydroxyl groups is 1. The number of β-amino-alcohol motifs (C(OH)–C–C–N with tert-alkyl or cyclic N) is 1. The molecule has 36 heavy (non-hydrogen) atoms. The molecule has 2 aliphatic rings. The molecule has 0 bridgehead atoms. The van der Waals surface area contributed by atoms with Crippen LogP contribution in [0.3, 0.4) is 0 Å². The SMILES string of the molecule is CCC1C=C(n2nc(-c3ccc(F)cc3)cc2C2CCN(CC(O)c3ccccc3)CC2)C=CCC1. The van der Waals surface area contributed by atoms with Crippen molar-refractivity contribution in [2.75, 3.05) is 19.6 Å². The Bertz CT molecular complexity index is 1190. The Morgan fingerprint density at radius 2 is 1.78 bits per heavy atom. The molecule has 1 saturated heterocycles. The van der Waals surface area contributed by atoms with Crippen LogP contribution < -0.4 is 0 Å². The molecule has 0 radical (unpaired) electrons. The number of rotatable bonds is 7. The van der Waals surface area contributed by atoms with Gasteiger partial charge in [0.05, 0.1) is 17.5 Å². The van der Waals surface area contributed by atoms with E-state index in [0.29, 0.717) is 18.4 Å². The molecule has 5 heteroatoms. The summed E-state index contributed by atoms with van der Waals surface area (Å²) < 4.78 is 15.7. The Labute approximate surface area is 213 Å². The number of piperidine rings is 1. The molecule has 2 atom stereocenters. The van der Waals surface area contributed by atoms with Crippen LogP contribution in [-0.4, -0.2) is 39.4 Å². The van der Waals surface area contributed by atoms with E-state index < -0.39 is 6.10 Å². The maximum atomic E-state index is 13.6. The Balaban J connectivity index is 1.38. The molecule has 2 unspecified atom stereocenters. The summed E-state index contributed by atoms with van der Waals surface area (Å²) in [6.45, 7) is 4.79. The third kappa shape index (κ3) is 5.69. The summed E-state index contributed by atoms with van der Waals surface area (Å²) in [5.41, 5.74) is 5.16. The van der Waals surface area contributed by atoms with Crippen molar-refractivity contribution < 1.29 is 9.50 Å². The van der Waals surface area contributed by atoms with Crippen molar-refractivity contribution in [1.82, 2.24) is 14.7 Å². The normalized spacial score (nSPS) is 20.2. The minimum Gasteiger partial charge on any atom is -0.387 e. The van der Waals surface area contributed by atoms with Gasteiger partial charge in [0.25, 0.3) is 0 Å². The molecule has 1 aromatic heterocycles. The first-order chi connectivity index (χ1) is 17.6. The average molecular weight is 486 g/mol. The van der Waals surface area contributed by atoms with Crippen LogP contribution in [0.5, 0.6) is 0 Å². The van der Waals surface area contributed by atoms with Gasteiger partial charge < -0.3 is 10.0 Å². The van der Waals surface area contributed by atoms with Crippen molar-refractivity contribution in [2.24, 2.45) is 5.92 Å². The van der Waals surface area contributed by atoms with E-state index in [2.05, 4.69) is 40.8 Å². The first-order valence-electron chi connectivity index (χ1n) is 13.3. The fourth-order valence-corrected chi connectivity index (χ4v) is 5.45. The molecule has 0 amide bonds. The van der Waals surface area contributed by atoms with E-state index in [9.17, 15) is 9.50 Å². The second kappa shape index (κ2) is 11.4. The van der Waals surface area contributed by atoms with Gasteiger partial charge in [-0.3, -0.25) is 0 Å². The van der Waals surface area contributed by atoms with Crippen molar-refractivity contribution in [1.29, 1.82) is 0 Å². The minimum absolute atomic E-state index is 0.233. The van der Waals surface area contributed by atoms with Crippen LogP contribution in [-0.2, 0) is 0 Å². The monoisotopic (exact) mass is 485 g/mol. The van der Waals surface area contributed by atoms with Gasteiger partial charge in [0.15, 0.2) is 0 Å². The zero-order valence-electron chi connectivity index (χ0n) is 21.1. The molecular formula is C31H36FN3O. The molecule has 0 saturated carbocycles. The van der Waals surface area contributed by atoms with Crippen molar-refractivity contribution in [3.8, 4) is 11.3 Å². The lowest BCUT2D eigenvalue weighted by Gasteiger charge is -2.33. The molecule has 1 fully saturated rings. The van der Waals surface area contributed by atoms with Crippen molar-refractivity contribution in [3.63, 3.8) is 0 Å². The summed E-state index contributed by atoms with van der Waals surface area (Å²) in [5.74, 6) is 0.695. The van der Waals surface area contributed by atoms with Crippen LogP contribution in [0.4, 0.5) is 4.39 Å². The highest BCUT2D eigenvalue weighted by atomic mass is 19.1. The molecule has 1 aliphatic carbocycles. The molecule has 1 aliphatic heterocycles. The lowest BCUT2D eigenvalue weighted by atomic mass is 9.92. The van der Waals surface area contributed by atoms with Crippen LogP contribution in [0.2, 0.25) is 0 Å². The molecule has 4 nitrogen and oxygen atoms in total. The molecule has 5 rings (SSSR count). The summed E-state index contributed by atoms with van der Waals surface area (Å²) in [6, 6.07) is 18.7. The predicted octanol–water partition coefficient (Wildman–Crippen LogP) is 6.82. The lowest BCUT2D eigenvalue weighted by molar-refractivity contribution is 0.0968. The number of nitrogens with zero attached hydrogens (tertiary/aromatic N) is 3. The highest BCUT2D eigenvalue weighted by Gasteiger charge is 2.27. The van der Waals surface area contributed by atoms with Gasteiger partial charge in [-0.1, -0.05) is 49.4 Å². The van der Waals surface area contributed by atoms with E-state index in [-0.39, 0.29) is 5.82 Å². The third-order valence-electron chi connectivity index (χ3n) is 7.67. The van der Waals surface area contributed by atoms with Crippen LogP contribution in [0.15, 0.2) is 78.9 Å². The molecule has 2 aromatic carbocycles. The molecular weight excluding hydrogens is 449 g/mol. The number of aromatic nitrogens is 2. The van der Waals surface area contributed by atoms with E-state index in [4.69, 9.17) is 5.10 Å². The van der Waals surface area contributed by atoms with E-state index in [1.807, 2.05) is 42.5 Å². The summed E-state index contributed by atoms with van der Waals surface area (Å²) in [5, 5.41) is 15.7. The van der Waals surface area contributed by atoms with Gasteiger partial charge in [-0.15, -0.1) is 0 Å².